The molecule has 1 heterocycles. The fraction of sp³-hybridized carbons (Fsp3) is 0.0833. The quantitative estimate of drug-likeness (QED) is 0.491. The fourth-order valence-corrected chi connectivity index (χ4v) is 1.50. The average Bonchev–Trinajstić information content (AvgIpc) is 2.41. The van der Waals surface area contributed by atoms with Crippen molar-refractivity contribution in [3.8, 4) is 5.69 Å². The van der Waals surface area contributed by atoms with Crippen LogP contribution in [0, 0.1) is 0 Å². The van der Waals surface area contributed by atoms with Crippen LogP contribution in [0.1, 0.15) is 0 Å². The van der Waals surface area contributed by atoms with Gasteiger partial charge in [-0.05, 0) is 24.3 Å². The van der Waals surface area contributed by atoms with E-state index in [-0.39, 0.29) is 5.95 Å². The lowest BCUT2D eigenvalue weighted by Gasteiger charge is -2.07. The summed E-state index contributed by atoms with van der Waals surface area (Å²) in [5, 5.41) is 0.602. The van der Waals surface area contributed by atoms with Crippen LogP contribution >= 0.6 is 11.6 Å². The first-order valence-electron chi connectivity index (χ1n) is 5.52. The Morgan fingerprint density at radius 3 is 2.74 bits per heavy atom. The van der Waals surface area contributed by atoms with Gasteiger partial charge in [-0.25, -0.2) is 15.2 Å². The van der Waals surface area contributed by atoms with E-state index in [0.717, 1.165) is 0 Å². The van der Waals surface area contributed by atoms with Crippen LogP contribution in [-0.4, -0.2) is 21.1 Å². The van der Waals surface area contributed by atoms with Gasteiger partial charge in [0.05, 0.1) is 5.69 Å². The summed E-state index contributed by atoms with van der Waals surface area (Å²) in [6.07, 6.45) is 3.07. The van der Waals surface area contributed by atoms with Crippen molar-refractivity contribution in [3.05, 3.63) is 58.8 Å². The maximum atomic E-state index is 11.8. The summed E-state index contributed by atoms with van der Waals surface area (Å²) in [6.45, 7) is 4.08. The lowest BCUT2D eigenvalue weighted by molar-refractivity contribution is 0.816. The van der Waals surface area contributed by atoms with Gasteiger partial charge in [-0.2, -0.15) is 4.98 Å². The Hall–Kier alpha value is -2.18. The first-order chi connectivity index (χ1) is 9.20. The van der Waals surface area contributed by atoms with Crippen molar-refractivity contribution >= 4 is 17.5 Å². The van der Waals surface area contributed by atoms with E-state index in [1.807, 2.05) is 0 Å². The minimum Gasteiger partial charge on any atom is -0.289 e. The molecular weight excluding hydrogens is 266 g/mol. The molecule has 6 nitrogen and oxygen atoms in total. The summed E-state index contributed by atoms with van der Waals surface area (Å²) in [5.41, 5.74) is 5.71. The largest absolute Gasteiger partial charge is 0.356 e. The average molecular weight is 278 g/mol. The lowest BCUT2D eigenvalue weighted by Crippen LogP contribution is -2.28. The number of hydrogen-bond donors (Lipinski definition) is 2. The third-order valence-corrected chi connectivity index (χ3v) is 2.51. The van der Waals surface area contributed by atoms with Crippen LogP contribution in [0.2, 0.25) is 5.02 Å². The summed E-state index contributed by atoms with van der Waals surface area (Å²) in [6, 6.07) is 6.83. The number of anilines is 1. The van der Waals surface area contributed by atoms with E-state index in [1.165, 1.54) is 10.9 Å². The molecule has 2 aromatic rings. The van der Waals surface area contributed by atoms with Gasteiger partial charge >= 0.3 is 5.69 Å². The summed E-state index contributed by atoms with van der Waals surface area (Å²) >= 11 is 5.79. The van der Waals surface area contributed by atoms with Gasteiger partial charge in [-0.15, -0.1) is 6.58 Å². The zero-order chi connectivity index (χ0) is 13.7. The van der Waals surface area contributed by atoms with E-state index in [4.69, 9.17) is 11.6 Å². The van der Waals surface area contributed by atoms with Gasteiger partial charge in [0.2, 0.25) is 5.95 Å². The number of hydrazine groups is 1. The first-order valence-corrected chi connectivity index (χ1v) is 5.90. The van der Waals surface area contributed by atoms with E-state index < -0.39 is 5.69 Å². The lowest BCUT2D eigenvalue weighted by atomic mass is 10.3. The molecule has 98 valence electrons. The number of aromatic nitrogens is 3. The molecule has 2 N–H and O–H groups in total. The molecule has 0 aliphatic carbocycles. The first kappa shape index (κ1) is 13.3. The van der Waals surface area contributed by atoms with Crippen molar-refractivity contribution in [3.63, 3.8) is 0 Å². The molecule has 0 atom stereocenters. The van der Waals surface area contributed by atoms with Gasteiger partial charge in [0.15, 0.2) is 0 Å². The number of nitrogens with one attached hydrogen (secondary N) is 2. The van der Waals surface area contributed by atoms with E-state index >= 15 is 0 Å². The minimum absolute atomic E-state index is 0.206. The maximum absolute atomic E-state index is 11.8. The molecule has 0 fully saturated rings. The van der Waals surface area contributed by atoms with Gasteiger partial charge < -0.3 is 0 Å². The predicted molar refractivity (Wildman–Crippen MR) is 74.5 cm³/mol. The molecule has 2 rings (SSSR count). The fourth-order valence-electron chi connectivity index (χ4n) is 1.38. The van der Waals surface area contributed by atoms with E-state index in [0.29, 0.717) is 17.3 Å². The van der Waals surface area contributed by atoms with Gasteiger partial charge in [0.1, 0.15) is 6.33 Å². The topological polar surface area (TPSA) is 71.8 Å². The molecule has 0 aliphatic rings. The number of halogens is 1. The Kier molecular flexibility index (Phi) is 4.27. The van der Waals surface area contributed by atoms with E-state index in [2.05, 4.69) is 27.4 Å². The van der Waals surface area contributed by atoms with Gasteiger partial charge in [0, 0.05) is 11.6 Å². The highest BCUT2D eigenvalue weighted by Crippen LogP contribution is 2.11. The minimum atomic E-state index is -0.430. The van der Waals surface area contributed by atoms with Gasteiger partial charge in [0.25, 0.3) is 0 Å². The summed E-state index contributed by atoms with van der Waals surface area (Å²) in [5.74, 6) is 0.206. The Balaban J connectivity index is 2.22. The Morgan fingerprint density at radius 1 is 1.37 bits per heavy atom. The second-order valence-corrected chi connectivity index (χ2v) is 4.04. The molecule has 1 aromatic heterocycles. The smallest absolute Gasteiger partial charge is 0.289 e. The highest BCUT2D eigenvalue weighted by molar-refractivity contribution is 6.30. The van der Waals surface area contributed by atoms with Crippen LogP contribution in [0.15, 0.2) is 48.0 Å². The zero-order valence-electron chi connectivity index (χ0n) is 10.0. The summed E-state index contributed by atoms with van der Waals surface area (Å²) < 4.78 is 1.33. The SMILES string of the molecule is C=CCNNc1ncn(-c2ccc(Cl)cc2)c(=O)n1. The van der Waals surface area contributed by atoms with E-state index in [9.17, 15) is 4.79 Å². The normalized spacial score (nSPS) is 10.2. The third-order valence-electron chi connectivity index (χ3n) is 2.25. The second-order valence-electron chi connectivity index (χ2n) is 3.60. The molecular formula is C12H12ClN5O. The van der Waals surface area contributed by atoms with Crippen LogP contribution < -0.4 is 16.5 Å². The van der Waals surface area contributed by atoms with Gasteiger partial charge in [-0.1, -0.05) is 17.7 Å². The van der Waals surface area contributed by atoms with Crippen molar-refractivity contribution in [2.45, 2.75) is 0 Å². The van der Waals surface area contributed by atoms with Crippen LogP contribution in [0.5, 0.6) is 0 Å². The Bertz CT molecular complexity index is 623. The molecule has 0 amide bonds. The van der Waals surface area contributed by atoms with Crippen molar-refractivity contribution in [2.24, 2.45) is 0 Å². The highest BCUT2D eigenvalue weighted by atomic mass is 35.5. The Morgan fingerprint density at radius 2 is 2.11 bits per heavy atom. The number of nitrogens with zero attached hydrogens (tertiary/aromatic N) is 3. The monoisotopic (exact) mass is 277 g/mol. The molecule has 0 aliphatic heterocycles. The second kappa shape index (κ2) is 6.12. The molecule has 7 heteroatoms. The predicted octanol–water partition coefficient (Wildman–Crippen LogP) is 1.38. The molecule has 0 radical (unpaired) electrons. The van der Waals surface area contributed by atoms with E-state index in [1.54, 1.807) is 30.3 Å². The van der Waals surface area contributed by atoms with Crippen LogP contribution in [0.25, 0.3) is 5.69 Å². The molecule has 19 heavy (non-hydrogen) atoms. The molecule has 0 saturated carbocycles. The molecule has 0 unspecified atom stereocenters. The number of hydrogen-bond acceptors (Lipinski definition) is 5. The van der Waals surface area contributed by atoms with Crippen molar-refractivity contribution in [2.75, 3.05) is 12.0 Å². The summed E-state index contributed by atoms with van der Waals surface area (Å²) in [4.78, 5) is 19.7. The van der Waals surface area contributed by atoms with Crippen LogP contribution in [0.4, 0.5) is 5.95 Å². The molecule has 1 aromatic carbocycles. The molecule has 0 saturated heterocycles. The van der Waals surface area contributed by atoms with Crippen molar-refractivity contribution < 1.29 is 0 Å². The highest BCUT2D eigenvalue weighted by Gasteiger charge is 2.03. The van der Waals surface area contributed by atoms with Gasteiger partial charge in [-0.3, -0.25) is 9.99 Å². The van der Waals surface area contributed by atoms with Crippen molar-refractivity contribution in [1.82, 2.24) is 20.0 Å². The van der Waals surface area contributed by atoms with Crippen molar-refractivity contribution in [1.29, 1.82) is 0 Å². The van der Waals surface area contributed by atoms with Crippen LogP contribution in [-0.2, 0) is 0 Å². The summed E-state index contributed by atoms with van der Waals surface area (Å²) in [7, 11) is 0. The van der Waals surface area contributed by atoms with Crippen LogP contribution in [0.3, 0.4) is 0 Å². The Labute approximate surface area is 114 Å². The third kappa shape index (κ3) is 3.40. The standard InChI is InChI=1S/C12H12ClN5O/c1-2-7-15-17-11-14-8-18(12(19)16-11)10-5-3-9(13)4-6-10/h2-6,8,15H,1,7H2,(H,16,17,19). The number of rotatable bonds is 5. The zero-order valence-corrected chi connectivity index (χ0v) is 10.8. The molecule has 0 bridgehead atoms. The maximum Gasteiger partial charge on any atom is 0.356 e. The molecule has 0 spiro atoms. The number of benzene rings is 1.